The van der Waals surface area contributed by atoms with Gasteiger partial charge >= 0.3 is 0 Å². The molecule has 1 aromatic carbocycles. The number of ether oxygens (including phenoxy) is 1. The predicted molar refractivity (Wildman–Crippen MR) is 101 cm³/mol. The van der Waals surface area contributed by atoms with Gasteiger partial charge in [-0.1, -0.05) is 12.1 Å². The number of hydrogen-bond donors (Lipinski definition) is 2. The molecule has 0 aromatic heterocycles. The van der Waals surface area contributed by atoms with Crippen molar-refractivity contribution in [1.29, 1.82) is 0 Å². The van der Waals surface area contributed by atoms with Crippen molar-refractivity contribution < 1.29 is 17.9 Å². The SMILES string of the molecule is CS(=O)(=O)C1(C(=O)Nc2cccc(CN3CCOCC3)c2)CCNCC1. The number of benzene rings is 1. The van der Waals surface area contributed by atoms with Crippen LogP contribution < -0.4 is 10.6 Å². The van der Waals surface area contributed by atoms with Crippen molar-refractivity contribution in [3.63, 3.8) is 0 Å². The van der Waals surface area contributed by atoms with Gasteiger partial charge in [0.25, 0.3) is 0 Å². The maximum atomic E-state index is 12.9. The lowest BCUT2D eigenvalue weighted by molar-refractivity contribution is -0.119. The van der Waals surface area contributed by atoms with Gasteiger partial charge in [-0.2, -0.15) is 0 Å². The summed E-state index contributed by atoms with van der Waals surface area (Å²) in [7, 11) is -3.51. The van der Waals surface area contributed by atoms with E-state index in [0.717, 1.165) is 44.7 Å². The summed E-state index contributed by atoms with van der Waals surface area (Å²) in [6.45, 7) is 5.09. The summed E-state index contributed by atoms with van der Waals surface area (Å²) in [5.41, 5.74) is 1.73. The normalized spacial score (nSPS) is 21.3. The molecule has 0 unspecified atom stereocenters. The van der Waals surface area contributed by atoms with Crippen LogP contribution in [0.25, 0.3) is 0 Å². The molecule has 2 N–H and O–H groups in total. The summed E-state index contributed by atoms with van der Waals surface area (Å²) < 4.78 is 28.7. The number of nitrogens with one attached hydrogen (secondary N) is 2. The minimum Gasteiger partial charge on any atom is -0.379 e. The molecule has 1 amide bonds. The smallest absolute Gasteiger partial charge is 0.245 e. The van der Waals surface area contributed by atoms with Crippen molar-refractivity contribution in [1.82, 2.24) is 10.2 Å². The van der Waals surface area contributed by atoms with Crippen LogP contribution in [0.1, 0.15) is 18.4 Å². The Kier molecular flexibility index (Phi) is 5.96. The fourth-order valence-electron chi connectivity index (χ4n) is 3.61. The molecule has 2 fully saturated rings. The van der Waals surface area contributed by atoms with Crippen LogP contribution in [-0.4, -0.2) is 69.6 Å². The fraction of sp³-hybridized carbons (Fsp3) is 0.611. The summed E-state index contributed by atoms with van der Waals surface area (Å²) in [6.07, 6.45) is 1.75. The Hall–Kier alpha value is -1.48. The quantitative estimate of drug-likeness (QED) is 0.778. The Morgan fingerprint density at radius 2 is 1.96 bits per heavy atom. The molecule has 2 saturated heterocycles. The Balaban J connectivity index is 1.73. The number of hydrogen-bond acceptors (Lipinski definition) is 6. The van der Waals surface area contributed by atoms with E-state index in [-0.39, 0.29) is 0 Å². The molecule has 3 rings (SSSR count). The van der Waals surface area contributed by atoms with Gasteiger partial charge in [0.05, 0.1) is 13.2 Å². The maximum Gasteiger partial charge on any atom is 0.245 e. The van der Waals surface area contributed by atoms with Gasteiger partial charge < -0.3 is 15.4 Å². The third-order valence-electron chi connectivity index (χ3n) is 5.23. The molecule has 2 aliphatic rings. The van der Waals surface area contributed by atoms with Crippen molar-refractivity contribution in [3.8, 4) is 0 Å². The van der Waals surface area contributed by atoms with Crippen LogP contribution in [0.3, 0.4) is 0 Å². The Bertz CT molecular complexity index is 739. The van der Waals surface area contributed by atoms with Crippen molar-refractivity contribution in [2.45, 2.75) is 24.1 Å². The molecule has 0 atom stereocenters. The van der Waals surface area contributed by atoms with E-state index in [1.807, 2.05) is 18.2 Å². The van der Waals surface area contributed by atoms with Crippen LogP contribution in [0.4, 0.5) is 5.69 Å². The Morgan fingerprint density at radius 3 is 2.62 bits per heavy atom. The first kappa shape index (κ1) is 19.3. The lowest BCUT2D eigenvalue weighted by atomic mass is 9.95. The summed E-state index contributed by atoms with van der Waals surface area (Å²) >= 11 is 0. The second-order valence-corrected chi connectivity index (χ2v) is 9.39. The number of morpholine rings is 1. The summed E-state index contributed by atoms with van der Waals surface area (Å²) in [5, 5.41) is 5.97. The zero-order valence-electron chi connectivity index (χ0n) is 15.2. The van der Waals surface area contributed by atoms with E-state index in [1.165, 1.54) is 0 Å². The lowest BCUT2D eigenvalue weighted by Crippen LogP contribution is -2.55. The number of anilines is 1. The molecule has 0 bridgehead atoms. The van der Waals surface area contributed by atoms with Crippen LogP contribution in [0.5, 0.6) is 0 Å². The van der Waals surface area contributed by atoms with Gasteiger partial charge in [0.15, 0.2) is 14.6 Å². The number of nitrogens with zero attached hydrogens (tertiary/aromatic N) is 1. The highest BCUT2D eigenvalue weighted by atomic mass is 32.2. The van der Waals surface area contributed by atoms with E-state index in [2.05, 4.69) is 15.5 Å². The second-order valence-electron chi connectivity index (χ2n) is 7.06. The molecule has 0 aliphatic carbocycles. The fourth-order valence-corrected chi connectivity index (χ4v) is 4.94. The highest BCUT2D eigenvalue weighted by Gasteiger charge is 2.48. The van der Waals surface area contributed by atoms with Gasteiger partial charge in [0.2, 0.25) is 5.91 Å². The van der Waals surface area contributed by atoms with Gasteiger partial charge in [0.1, 0.15) is 0 Å². The first-order chi connectivity index (χ1) is 12.4. The van der Waals surface area contributed by atoms with Crippen LogP contribution in [0.15, 0.2) is 24.3 Å². The molecule has 2 aliphatic heterocycles. The average molecular weight is 381 g/mol. The first-order valence-electron chi connectivity index (χ1n) is 9.01. The number of sulfone groups is 1. The number of carbonyl (C=O) groups excluding carboxylic acids is 1. The van der Waals surface area contributed by atoms with E-state index < -0.39 is 20.5 Å². The maximum absolute atomic E-state index is 12.9. The minimum atomic E-state index is -3.51. The minimum absolute atomic E-state index is 0.297. The summed E-state index contributed by atoms with van der Waals surface area (Å²) in [6, 6.07) is 7.63. The molecule has 0 spiro atoms. The van der Waals surface area contributed by atoms with Gasteiger partial charge in [0, 0.05) is 31.6 Å². The topological polar surface area (TPSA) is 87.7 Å². The molecule has 2 heterocycles. The van der Waals surface area contributed by atoms with Crippen LogP contribution in [0.2, 0.25) is 0 Å². The van der Waals surface area contributed by atoms with Crippen molar-refractivity contribution >= 4 is 21.4 Å². The second kappa shape index (κ2) is 8.04. The largest absolute Gasteiger partial charge is 0.379 e. The molecule has 7 nitrogen and oxygen atoms in total. The van der Waals surface area contributed by atoms with Crippen LogP contribution in [0, 0.1) is 0 Å². The standard InChI is InChI=1S/C18H27N3O4S/c1-26(23,24)18(5-7-19-8-6-18)17(22)20-16-4-2-3-15(13-16)14-21-9-11-25-12-10-21/h2-4,13,19H,5-12,14H2,1H3,(H,20,22). The molecule has 144 valence electrons. The van der Waals surface area contributed by atoms with Crippen LogP contribution in [-0.2, 0) is 25.9 Å². The number of amides is 1. The zero-order valence-corrected chi connectivity index (χ0v) is 16.0. The molecule has 0 radical (unpaired) electrons. The highest BCUT2D eigenvalue weighted by Crippen LogP contribution is 2.29. The Morgan fingerprint density at radius 1 is 1.27 bits per heavy atom. The zero-order chi connectivity index (χ0) is 18.6. The van der Waals surface area contributed by atoms with E-state index in [9.17, 15) is 13.2 Å². The van der Waals surface area contributed by atoms with Crippen molar-refractivity contribution in [2.75, 3.05) is 51.0 Å². The monoisotopic (exact) mass is 381 g/mol. The van der Waals surface area contributed by atoms with Gasteiger partial charge in [-0.15, -0.1) is 0 Å². The third kappa shape index (κ3) is 4.25. The molecule has 26 heavy (non-hydrogen) atoms. The number of rotatable bonds is 5. The predicted octanol–water partition coefficient (Wildman–Crippen LogP) is 0.624. The van der Waals surface area contributed by atoms with E-state index in [4.69, 9.17) is 4.74 Å². The van der Waals surface area contributed by atoms with Gasteiger partial charge in [-0.3, -0.25) is 9.69 Å². The molecular weight excluding hydrogens is 354 g/mol. The van der Waals surface area contributed by atoms with E-state index >= 15 is 0 Å². The highest BCUT2D eigenvalue weighted by molar-refractivity contribution is 7.92. The third-order valence-corrected chi connectivity index (χ3v) is 7.24. The van der Waals surface area contributed by atoms with Crippen LogP contribution >= 0.6 is 0 Å². The summed E-state index contributed by atoms with van der Waals surface area (Å²) in [5.74, 6) is -0.426. The van der Waals surface area contributed by atoms with E-state index in [0.29, 0.717) is 31.6 Å². The molecule has 0 saturated carbocycles. The van der Waals surface area contributed by atoms with Crippen molar-refractivity contribution in [2.24, 2.45) is 0 Å². The lowest BCUT2D eigenvalue weighted by Gasteiger charge is -2.34. The number of carbonyl (C=O) groups is 1. The van der Waals surface area contributed by atoms with Gasteiger partial charge in [-0.25, -0.2) is 8.42 Å². The Labute approximate surface area is 155 Å². The average Bonchev–Trinajstić information content (AvgIpc) is 2.62. The molecule has 1 aromatic rings. The molecular formula is C18H27N3O4S. The van der Waals surface area contributed by atoms with Gasteiger partial charge in [-0.05, 0) is 43.6 Å². The summed E-state index contributed by atoms with van der Waals surface area (Å²) in [4.78, 5) is 15.2. The van der Waals surface area contributed by atoms with Crippen molar-refractivity contribution in [3.05, 3.63) is 29.8 Å². The molecule has 8 heteroatoms. The first-order valence-corrected chi connectivity index (χ1v) is 10.9. The number of piperidine rings is 1. The van der Waals surface area contributed by atoms with E-state index in [1.54, 1.807) is 6.07 Å².